The quantitative estimate of drug-likeness (QED) is 0.903. The molecule has 0 unspecified atom stereocenters. The van der Waals surface area contributed by atoms with Crippen LogP contribution < -0.4 is 5.32 Å². The fourth-order valence-electron chi connectivity index (χ4n) is 1.59. The first-order chi connectivity index (χ1) is 8.24. The summed E-state index contributed by atoms with van der Waals surface area (Å²) in [6, 6.07) is 9.74. The Morgan fingerprint density at radius 3 is 2.88 bits per heavy atom. The predicted octanol–water partition coefficient (Wildman–Crippen LogP) is 2.73. The molecule has 0 saturated carbocycles. The van der Waals surface area contributed by atoms with E-state index in [4.69, 9.17) is 11.6 Å². The van der Waals surface area contributed by atoms with Gasteiger partial charge in [-0.1, -0.05) is 23.7 Å². The van der Waals surface area contributed by atoms with Crippen LogP contribution in [0.1, 0.15) is 17.1 Å². The van der Waals surface area contributed by atoms with Gasteiger partial charge in [-0.25, -0.2) is 9.97 Å². The topological polar surface area (TPSA) is 37.8 Å². The standard InChI is InChI=1S/C13H14ClN3/c1-10-16-6-5-13(17-10)9-15-8-11-3-2-4-12(14)7-11/h2-7,15H,8-9H2,1H3. The maximum atomic E-state index is 5.91. The maximum Gasteiger partial charge on any atom is 0.125 e. The number of nitrogens with one attached hydrogen (secondary N) is 1. The molecule has 0 fully saturated rings. The molecular formula is C13H14ClN3. The molecule has 1 aromatic carbocycles. The summed E-state index contributed by atoms with van der Waals surface area (Å²) in [5.41, 5.74) is 2.17. The zero-order chi connectivity index (χ0) is 12.1. The van der Waals surface area contributed by atoms with Crippen molar-refractivity contribution in [2.45, 2.75) is 20.0 Å². The molecule has 0 aliphatic rings. The zero-order valence-electron chi connectivity index (χ0n) is 9.65. The van der Waals surface area contributed by atoms with Crippen molar-refractivity contribution in [1.82, 2.24) is 15.3 Å². The van der Waals surface area contributed by atoms with Crippen LogP contribution in [0, 0.1) is 6.92 Å². The summed E-state index contributed by atoms with van der Waals surface area (Å²) in [4.78, 5) is 8.38. The molecule has 2 aromatic rings. The first-order valence-corrected chi connectivity index (χ1v) is 5.85. The van der Waals surface area contributed by atoms with E-state index < -0.39 is 0 Å². The summed E-state index contributed by atoms with van der Waals surface area (Å²) in [5.74, 6) is 0.798. The Hall–Kier alpha value is -1.45. The molecule has 1 N–H and O–H groups in total. The molecule has 0 saturated heterocycles. The van der Waals surface area contributed by atoms with Gasteiger partial charge in [0.2, 0.25) is 0 Å². The van der Waals surface area contributed by atoms with Gasteiger partial charge in [-0.2, -0.15) is 0 Å². The fourth-order valence-corrected chi connectivity index (χ4v) is 1.80. The number of hydrogen-bond acceptors (Lipinski definition) is 3. The van der Waals surface area contributed by atoms with Gasteiger partial charge in [0.25, 0.3) is 0 Å². The summed E-state index contributed by atoms with van der Waals surface area (Å²) in [7, 11) is 0. The molecule has 0 spiro atoms. The number of halogens is 1. The number of nitrogens with zero attached hydrogens (tertiary/aromatic N) is 2. The molecular weight excluding hydrogens is 234 g/mol. The number of hydrogen-bond donors (Lipinski definition) is 1. The van der Waals surface area contributed by atoms with Crippen molar-refractivity contribution in [2.24, 2.45) is 0 Å². The lowest BCUT2D eigenvalue weighted by molar-refractivity contribution is 0.675. The maximum absolute atomic E-state index is 5.91. The third kappa shape index (κ3) is 3.80. The molecule has 2 rings (SSSR count). The van der Waals surface area contributed by atoms with Gasteiger partial charge in [-0.3, -0.25) is 0 Å². The van der Waals surface area contributed by atoms with Gasteiger partial charge < -0.3 is 5.32 Å². The van der Waals surface area contributed by atoms with E-state index in [0.717, 1.165) is 29.6 Å². The van der Waals surface area contributed by atoms with E-state index in [1.54, 1.807) is 6.20 Å². The van der Waals surface area contributed by atoms with Crippen LogP contribution in [0.15, 0.2) is 36.5 Å². The van der Waals surface area contributed by atoms with E-state index in [9.17, 15) is 0 Å². The van der Waals surface area contributed by atoms with E-state index in [2.05, 4.69) is 15.3 Å². The minimum absolute atomic E-state index is 0.732. The summed E-state index contributed by atoms with van der Waals surface area (Å²) >= 11 is 5.91. The molecule has 0 amide bonds. The SMILES string of the molecule is Cc1nccc(CNCc2cccc(Cl)c2)n1. The largest absolute Gasteiger partial charge is 0.307 e. The zero-order valence-corrected chi connectivity index (χ0v) is 10.4. The Bertz CT molecular complexity index is 454. The Balaban J connectivity index is 1.87. The molecule has 4 heteroatoms. The van der Waals surface area contributed by atoms with Crippen molar-refractivity contribution in [1.29, 1.82) is 0 Å². The van der Waals surface area contributed by atoms with E-state index in [0.29, 0.717) is 0 Å². The molecule has 1 heterocycles. The van der Waals surface area contributed by atoms with Crippen LogP contribution in [0.5, 0.6) is 0 Å². The molecule has 0 bridgehead atoms. The summed E-state index contributed by atoms with van der Waals surface area (Å²) in [5, 5.41) is 4.09. The van der Waals surface area contributed by atoms with Crippen LogP contribution in [-0.2, 0) is 13.1 Å². The van der Waals surface area contributed by atoms with Crippen molar-refractivity contribution >= 4 is 11.6 Å². The third-order valence-corrected chi connectivity index (χ3v) is 2.59. The van der Waals surface area contributed by atoms with Gasteiger partial charge in [0, 0.05) is 24.3 Å². The van der Waals surface area contributed by atoms with Gasteiger partial charge in [0.15, 0.2) is 0 Å². The first-order valence-electron chi connectivity index (χ1n) is 5.48. The lowest BCUT2D eigenvalue weighted by Crippen LogP contribution is -2.14. The van der Waals surface area contributed by atoms with E-state index in [-0.39, 0.29) is 0 Å². The molecule has 0 radical (unpaired) electrons. The predicted molar refractivity (Wildman–Crippen MR) is 68.8 cm³/mol. The molecule has 88 valence electrons. The minimum atomic E-state index is 0.732. The second kappa shape index (κ2) is 5.75. The Morgan fingerprint density at radius 1 is 1.24 bits per heavy atom. The molecule has 0 atom stereocenters. The number of rotatable bonds is 4. The number of benzene rings is 1. The van der Waals surface area contributed by atoms with Crippen LogP contribution in [0.25, 0.3) is 0 Å². The van der Waals surface area contributed by atoms with Crippen LogP contribution in [0.3, 0.4) is 0 Å². The monoisotopic (exact) mass is 247 g/mol. The molecule has 0 aliphatic carbocycles. The third-order valence-electron chi connectivity index (χ3n) is 2.36. The van der Waals surface area contributed by atoms with Crippen LogP contribution in [0.2, 0.25) is 5.02 Å². The van der Waals surface area contributed by atoms with Gasteiger partial charge in [-0.05, 0) is 30.7 Å². The molecule has 0 aliphatic heterocycles. The number of aryl methyl sites for hydroxylation is 1. The van der Waals surface area contributed by atoms with Crippen molar-refractivity contribution in [3.8, 4) is 0 Å². The van der Waals surface area contributed by atoms with Gasteiger partial charge in [-0.15, -0.1) is 0 Å². The fraction of sp³-hybridized carbons (Fsp3) is 0.231. The van der Waals surface area contributed by atoms with Crippen molar-refractivity contribution in [3.63, 3.8) is 0 Å². The highest BCUT2D eigenvalue weighted by Gasteiger charge is 1.97. The van der Waals surface area contributed by atoms with Gasteiger partial charge in [0.1, 0.15) is 5.82 Å². The second-order valence-electron chi connectivity index (χ2n) is 3.83. The average Bonchev–Trinajstić information content (AvgIpc) is 2.29. The minimum Gasteiger partial charge on any atom is -0.307 e. The number of aromatic nitrogens is 2. The van der Waals surface area contributed by atoms with Crippen molar-refractivity contribution in [2.75, 3.05) is 0 Å². The van der Waals surface area contributed by atoms with E-state index in [1.165, 1.54) is 5.56 Å². The van der Waals surface area contributed by atoms with Gasteiger partial charge in [0.05, 0.1) is 5.69 Å². The average molecular weight is 248 g/mol. The van der Waals surface area contributed by atoms with Crippen molar-refractivity contribution in [3.05, 3.63) is 58.6 Å². The van der Waals surface area contributed by atoms with Crippen LogP contribution in [-0.4, -0.2) is 9.97 Å². The summed E-state index contributed by atoms with van der Waals surface area (Å²) in [6.07, 6.45) is 1.78. The lowest BCUT2D eigenvalue weighted by Gasteiger charge is -2.05. The molecule has 3 nitrogen and oxygen atoms in total. The summed E-state index contributed by atoms with van der Waals surface area (Å²) in [6.45, 7) is 3.40. The smallest absolute Gasteiger partial charge is 0.125 e. The van der Waals surface area contributed by atoms with Crippen LogP contribution >= 0.6 is 11.6 Å². The van der Waals surface area contributed by atoms with E-state index >= 15 is 0 Å². The highest BCUT2D eigenvalue weighted by atomic mass is 35.5. The van der Waals surface area contributed by atoms with Gasteiger partial charge >= 0.3 is 0 Å². The highest BCUT2D eigenvalue weighted by Crippen LogP contribution is 2.10. The van der Waals surface area contributed by atoms with Crippen LogP contribution in [0.4, 0.5) is 0 Å². The Kier molecular flexibility index (Phi) is 4.07. The lowest BCUT2D eigenvalue weighted by atomic mass is 10.2. The van der Waals surface area contributed by atoms with E-state index in [1.807, 2.05) is 37.3 Å². The Labute approximate surface area is 106 Å². The first kappa shape index (κ1) is 12.0. The highest BCUT2D eigenvalue weighted by molar-refractivity contribution is 6.30. The Morgan fingerprint density at radius 2 is 2.12 bits per heavy atom. The molecule has 17 heavy (non-hydrogen) atoms. The molecule has 1 aromatic heterocycles. The summed E-state index contributed by atoms with van der Waals surface area (Å²) < 4.78 is 0. The normalized spacial score (nSPS) is 10.5. The second-order valence-corrected chi connectivity index (χ2v) is 4.27. The van der Waals surface area contributed by atoms with Crippen molar-refractivity contribution < 1.29 is 0 Å².